The van der Waals surface area contributed by atoms with Crippen molar-refractivity contribution in [1.82, 2.24) is 0 Å². The fraction of sp³-hybridized carbons (Fsp3) is 0.154. The molecule has 3 aromatic carbocycles. The Hall–Kier alpha value is -2.78. The molecule has 29 heavy (non-hydrogen) atoms. The third kappa shape index (κ3) is 8.84. The van der Waals surface area contributed by atoms with E-state index in [0.717, 1.165) is 22.0 Å². The minimum atomic E-state index is 0.587. The molecular formula is C26H29BrN2. The van der Waals surface area contributed by atoms with Gasteiger partial charge in [0.05, 0.1) is 5.70 Å². The standard InChI is InChI=1S/C16H14N2.C8H9Br.C2H6/c1-13(14-9-5-3-6-10-14)18-16(17-2)15-11-7-4-8-12-15;1-2-7-3-5-8(9)6-4-7;1-2/h3-12H,1-2H2;3-6H,2H2,1H3;1-2H3. The van der Waals surface area contributed by atoms with E-state index < -0.39 is 0 Å². The molecule has 0 aliphatic carbocycles. The first kappa shape index (κ1) is 24.3. The summed E-state index contributed by atoms with van der Waals surface area (Å²) in [5.41, 5.74) is 3.99. The van der Waals surface area contributed by atoms with Crippen molar-refractivity contribution in [3.05, 3.63) is 113 Å². The molecule has 3 heteroatoms. The molecule has 0 bridgehead atoms. The molecule has 0 aromatic heterocycles. The van der Waals surface area contributed by atoms with Crippen LogP contribution in [0.25, 0.3) is 5.70 Å². The SMILES string of the molecule is C=NC(=NC(=C)c1ccccc1)c1ccccc1.CC.CCc1ccc(Br)cc1. The van der Waals surface area contributed by atoms with E-state index in [0.29, 0.717) is 11.5 Å². The molecule has 0 saturated carbocycles. The second kappa shape index (κ2) is 14.3. The van der Waals surface area contributed by atoms with Gasteiger partial charge in [-0.1, -0.05) is 116 Å². The van der Waals surface area contributed by atoms with Crippen molar-refractivity contribution in [2.24, 2.45) is 9.98 Å². The highest BCUT2D eigenvalue weighted by molar-refractivity contribution is 9.10. The van der Waals surface area contributed by atoms with Gasteiger partial charge in [0.15, 0.2) is 5.84 Å². The van der Waals surface area contributed by atoms with Gasteiger partial charge in [0.2, 0.25) is 0 Å². The minimum absolute atomic E-state index is 0.587. The third-order valence-corrected chi connectivity index (χ3v) is 4.38. The molecular weight excluding hydrogens is 420 g/mol. The van der Waals surface area contributed by atoms with Gasteiger partial charge >= 0.3 is 0 Å². The zero-order chi connectivity index (χ0) is 21.5. The summed E-state index contributed by atoms with van der Waals surface area (Å²) in [6.07, 6.45) is 1.12. The summed E-state index contributed by atoms with van der Waals surface area (Å²) in [5, 5.41) is 0. The highest BCUT2D eigenvalue weighted by Crippen LogP contribution is 2.15. The zero-order valence-electron chi connectivity index (χ0n) is 17.5. The van der Waals surface area contributed by atoms with E-state index in [2.05, 4.69) is 70.4 Å². The van der Waals surface area contributed by atoms with Gasteiger partial charge in [-0.3, -0.25) is 0 Å². The predicted molar refractivity (Wildman–Crippen MR) is 133 cm³/mol. The van der Waals surface area contributed by atoms with Gasteiger partial charge < -0.3 is 0 Å². The summed E-state index contributed by atoms with van der Waals surface area (Å²) in [4.78, 5) is 8.39. The van der Waals surface area contributed by atoms with E-state index in [4.69, 9.17) is 0 Å². The molecule has 0 unspecified atom stereocenters. The molecule has 0 saturated heterocycles. The smallest absolute Gasteiger partial charge is 0.159 e. The van der Waals surface area contributed by atoms with E-state index >= 15 is 0 Å². The molecule has 0 radical (unpaired) electrons. The quantitative estimate of drug-likeness (QED) is 0.286. The van der Waals surface area contributed by atoms with Gasteiger partial charge in [-0.05, 0) is 36.4 Å². The van der Waals surface area contributed by atoms with Crippen molar-refractivity contribution >= 4 is 34.2 Å². The monoisotopic (exact) mass is 448 g/mol. The maximum Gasteiger partial charge on any atom is 0.159 e. The Labute approximate surface area is 183 Å². The number of amidine groups is 1. The van der Waals surface area contributed by atoms with E-state index in [1.54, 1.807) is 0 Å². The van der Waals surface area contributed by atoms with Crippen LogP contribution in [0.5, 0.6) is 0 Å². The molecule has 0 atom stereocenters. The second-order valence-electron chi connectivity index (χ2n) is 5.75. The maximum absolute atomic E-state index is 4.43. The normalized spacial score (nSPS) is 10.0. The Morgan fingerprint density at radius 2 is 1.28 bits per heavy atom. The first-order chi connectivity index (χ1) is 14.1. The van der Waals surface area contributed by atoms with Gasteiger partial charge in [0.1, 0.15) is 0 Å². The van der Waals surface area contributed by atoms with Crippen LogP contribution in [-0.2, 0) is 6.42 Å². The van der Waals surface area contributed by atoms with Gasteiger partial charge in [-0.25, -0.2) is 9.98 Å². The van der Waals surface area contributed by atoms with Crippen LogP contribution >= 0.6 is 15.9 Å². The van der Waals surface area contributed by atoms with Crippen LogP contribution in [0.2, 0.25) is 0 Å². The zero-order valence-corrected chi connectivity index (χ0v) is 19.1. The van der Waals surface area contributed by atoms with Crippen molar-refractivity contribution < 1.29 is 0 Å². The fourth-order valence-electron chi connectivity index (χ4n) is 2.32. The predicted octanol–water partition coefficient (Wildman–Crippen LogP) is 7.84. The van der Waals surface area contributed by atoms with E-state index in [-0.39, 0.29) is 0 Å². The van der Waals surface area contributed by atoms with Crippen LogP contribution in [0.1, 0.15) is 37.5 Å². The van der Waals surface area contributed by atoms with Crippen LogP contribution < -0.4 is 0 Å². The largest absolute Gasteiger partial charge is 0.245 e. The van der Waals surface area contributed by atoms with Gasteiger partial charge in [-0.15, -0.1) is 0 Å². The summed E-state index contributed by atoms with van der Waals surface area (Å²) < 4.78 is 1.15. The average molecular weight is 449 g/mol. The molecule has 3 aromatic rings. The second-order valence-corrected chi connectivity index (χ2v) is 6.67. The van der Waals surface area contributed by atoms with E-state index in [1.165, 1.54) is 5.56 Å². The molecule has 0 spiro atoms. The summed E-state index contributed by atoms with van der Waals surface area (Å²) >= 11 is 3.37. The van der Waals surface area contributed by atoms with Crippen LogP contribution in [0.15, 0.2) is 106 Å². The number of aliphatic imine (C=N–C) groups is 2. The molecule has 2 nitrogen and oxygen atoms in total. The van der Waals surface area contributed by atoms with Crippen molar-refractivity contribution in [2.75, 3.05) is 0 Å². The third-order valence-electron chi connectivity index (χ3n) is 3.85. The number of hydrogen-bond donors (Lipinski definition) is 0. The Bertz CT molecular complexity index is 883. The molecule has 0 N–H and O–H groups in total. The Morgan fingerprint density at radius 1 is 0.793 bits per heavy atom. The summed E-state index contributed by atoms with van der Waals surface area (Å²) in [5.74, 6) is 0.587. The van der Waals surface area contributed by atoms with E-state index in [1.807, 2.05) is 74.5 Å². The lowest BCUT2D eigenvalue weighted by Crippen LogP contribution is -1.96. The lowest BCUT2D eigenvalue weighted by molar-refractivity contribution is 1.14. The summed E-state index contributed by atoms with van der Waals surface area (Å²) in [6.45, 7) is 13.7. The number of hydrogen-bond acceptors (Lipinski definition) is 1. The number of halogens is 1. The molecule has 0 aliphatic heterocycles. The molecule has 0 aliphatic rings. The first-order valence-corrected chi connectivity index (χ1v) is 10.5. The minimum Gasteiger partial charge on any atom is -0.245 e. The highest BCUT2D eigenvalue weighted by atomic mass is 79.9. The molecule has 0 amide bonds. The topological polar surface area (TPSA) is 24.7 Å². The highest BCUT2D eigenvalue weighted by Gasteiger charge is 2.02. The number of aryl methyl sites for hydroxylation is 1. The number of rotatable bonds is 4. The van der Waals surface area contributed by atoms with Crippen molar-refractivity contribution in [1.29, 1.82) is 0 Å². The molecule has 0 fully saturated rings. The van der Waals surface area contributed by atoms with Gasteiger partial charge in [0.25, 0.3) is 0 Å². The van der Waals surface area contributed by atoms with Crippen molar-refractivity contribution in [3.63, 3.8) is 0 Å². The van der Waals surface area contributed by atoms with Crippen LogP contribution in [0, 0.1) is 0 Å². The number of benzene rings is 3. The Balaban J connectivity index is 0.000000321. The van der Waals surface area contributed by atoms with Crippen molar-refractivity contribution in [3.8, 4) is 0 Å². The van der Waals surface area contributed by atoms with Crippen LogP contribution in [0.4, 0.5) is 0 Å². The van der Waals surface area contributed by atoms with Crippen molar-refractivity contribution in [2.45, 2.75) is 27.2 Å². The van der Waals surface area contributed by atoms with Crippen LogP contribution in [-0.4, -0.2) is 12.6 Å². The molecule has 3 rings (SSSR count). The van der Waals surface area contributed by atoms with Crippen LogP contribution in [0.3, 0.4) is 0 Å². The average Bonchev–Trinajstić information content (AvgIpc) is 2.81. The maximum atomic E-state index is 4.43. The molecule has 0 heterocycles. The number of nitrogens with zero attached hydrogens (tertiary/aromatic N) is 2. The fourth-order valence-corrected chi connectivity index (χ4v) is 2.59. The van der Waals surface area contributed by atoms with E-state index in [9.17, 15) is 0 Å². The summed E-state index contributed by atoms with van der Waals surface area (Å²) in [6, 6.07) is 28.0. The lowest BCUT2D eigenvalue weighted by Gasteiger charge is -2.03. The van der Waals surface area contributed by atoms with Gasteiger partial charge in [0, 0.05) is 10.0 Å². The van der Waals surface area contributed by atoms with Gasteiger partial charge in [-0.2, -0.15) is 0 Å². The Kier molecular flexibility index (Phi) is 11.9. The molecule has 150 valence electrons. The Morgan fingerprint density at radius 3 is 1.72 bits per heavy atom. The lowest BCUT2D eigenvalue weighted by atomic mass is 10.1. The first-order valence-electron chi connectivity index (χ1n) is 9.73. The summed E-state index contributed by atoms with van der Waals surface area (Å²) in [7, 11) is 0.